The van der Waals surface area contributed by atoms with Crippen molar-refractivity contribution in [2.24, 2.45) is 46.8 Å². The Bertz CT molecular complexity index is 650. The molecule has 7 unspecified atom stereocenters. The molecule has 2 nitrogen and oxygen atoms in total. The van der Waals surface area contributed by atoms with Gasteiger partial charge in [0.15, 0.2) is 0 Å². The van der Waals surface area contributed by atoms with Gasteiger partial charge < -0.3 is 4.18 Å². The lowest BCUT2D eigenvalue weighted by Gasteiger charge is -2.56. The first-order chi connectivity index (χ1) is 14.9. The van der Waals surface area contributed by atoms with Gasteiger partial charge in [0.25, 0.3) is 0 Å². The van der Waals surface area contributed by atoms with E-state index in [0.717, 1.165) is 55.0 Å². The maximum atomic E-state index is 12.0. The van der Waals surface area contributed by atoms with Crippen molar-refractivity contribution in [2.45, 2.75) is 111 Å². The van der Waals surface area contributed by atoms with Crippen molar-refractivity contribution in [2.75, 3.05) is 19.1 Å². The molecule has 0 aliphatic heterocycles. The third kappa shape index (κ3) is 4.86. The normalized spacial score (nSPS) is 41.0. The minimum atomic E-state index is -1.04. The van der Waals surface area contributed by atoms with Gasteiger partial charge in [-0.25, -0.2) is 0 Å². The van der Waals surface area contributed by atoms with Crippen LogP contribution in [-0.2, 0) is 8.98 Å². The smallest absolute Gasteiger partial charge is 0.133 e. The maximum Gasteiger partial charge on any atom is 0.133 e. The van der Waals surface area contributed by atoms with Crippen LogP contribution in [0.15, 0.2) is 0 Å². The second-order valence-corrected chi connectivity index (χ2v) is 17.0. The Hall–Kier alpha value is -0.0200. The van der Waals surface area contributed by atoms with Gasteiger partial charge in [0.1, 0.15) is 5.78 Å². The molecule has 4 rings (SSSR count). The highest BCUT2D eigenvalue weighted by Crippen LogP contribution is 2.65. The minimum Gasteiger partial charge on any atom is -0.336 e. The van der Waals surface area contributed by atoms with Gasteiger partial charge in [-0.3, -0.25) is 4.79 Å². The van der Waals surface area contributed by atoms with Crippen molar-refractivity contribution in [3.8, 4) is 0 Å². The van der Waals surface area contributed by atoms with Crippen molar-refractivity contribution < 1.29 is 8.98 Å². The first-order valence-corrected chi connectivity index (χ1v) is 16.2. The van der Waals surface area contributed by atoms with Gasteiger partial charge in [0.2, 0.25) is 0 Å². The molecule has 4 saturated carbocycles. The molecule has 0 aromatic heterocycles. The van der Waals surface area contributed by atoms with E-state index >= 15 is 0 Å². The van der Waals surface area contributed by atoms with Gasteiger partial charge in [-0.05, 0) is 104 Å². The first-order valence-electron chi connectivity index (χ1n) is 13.8. The zero-order valence-electron chi connectivity index (χ0n) is 22.8. The van der Waals surface area contributed by atoms with Crippen LogP contribution in [0.5, 0.6) is 0 Å². The van der Waals surface area contributed by atoms with E-state index in [0.29, 0.717) is 17.1 Å². The average Bonchev–Trinajstić information content (AvgIpc) is 3.09. The van der Waals surface area contributed by atoms with E-state index in [1.165, 1.54) is 44.9 Å². The fraction of sp³-hybridized carbons (Fsp3) is 0.966. The van der Waals surface area contributed by atoms with Crippen LogP contribution in [0.1, 0.15) is 106 Å². The van der Waals surface area contributed by atoms with Gasteiger partial charge in [-0.2, -0.15) is 0 Å². The Balaban J connectivity index is 0.00000141. The molecule has 0 saturated heterocycles. The monoisotopic (exact) mass is 466 g/mol. The molecule has 0 radical (unpaired) electrons. The van der Waals surface area contributed by atoms with Crippen LogP contribution >= 0.6 is 10.3 Å². The number of carbonyl (C=O) groups is 1. The second kappa shape index (κ2) is 9.92. The van der Waals surface area contributed by atoms with Gasteiger partial charge >= 0.3 is 0 Å². The highest BCUT2D eigenvalue weighted by Gasteiger charge is 2.57. The third-order valence-electron chi connectivity index (χ3n) is 10.6. The molecule has 32 heavy (non-hydrogen) atoms. The lowest BCUT2D eigenvalue weighted by Crippen LogP contribution is -2.49. The Morgan fingerprint density at radius 2 is 1.69 bits per heavy atom. The Morgan fingerprint density at radius 1 is 1.00 bits per heavy atom. The van der Waals surface area contributed by atoms with Gasteiger partial charge in [-0.15, -0.1) is 10.3 Å². The van der Waals surface area contributed by atoms with Crippen molar-refractivity contribution in [1.29, 1.82) is 0 Å². The Kier molecular flexibility index (Phi) is 8.24. The SMILES string of the molecule is CC.C[C@H](COS(C)(C)C(C)(C)C)C1CCC2C3CCC4CC(=O)CCC4C3CCC21C. The quantitative estimate of drug-likeness (QED) is 0.416. The molecule has 4 fully saturated rings. The summed E-state index contributed by atoms with van der Waals surface area (Å²) in [5, 5.41) is 0. The summed E-state index contributed by atoms with van der Waals surface area (Å²) in [5.41, 5.74) is 0.516. The molecule has 0 aromatic rings. The van der Waals surface area contributed by atoms with Crippen LogP contribution in [0, 0.1) is 46.8 Å². The van der Waals surface area contributed by atoms with Crippen molar-refractivity contribution >= 4 is 16.1 Å². The Morgan fingerprint density at radius 3 is 2.34 bits per heavy atom. The first kappa shape index (κ1) is 26.6. The van der Waals surface area contributed by atoms with Crippen molar-refractivity contribution in [3.63, 3.8) is 0 Å². The second-order valence-electron chi connectivity index (χ2n) is 13.1. The summed E-state index contributed by atoms with van der Waals surface area (Å²) in [6, 6.07) is 0. The van der Waals surface area contributed by atoms with E-state index in [1.807, 2.05) is 13.8 Å². The van der Waals surface area contributed by atoms with E-state index in [2.05, 4.69) is 47.1 Å². The molecule has 0 amide bonds. The standard InChI is InChI=1S/C27H48O2S.C2H6/c1-18(17-29-30(6,7)26(2,3)4)24-12-13-25-23-10-8-19-16-20(28)9-11-21(19)22(23)14-15-27(24,25)5;1-2/h18-19,21-25H,8-17H2,1-7H3;1-2H3/t18-,19?,21?,22?,23?,24?,25?,27?;/m1./s1. The summed E-state index contributed by atoms with van der Waals surface area (Å²) >= 11 is 0. The number of hydrogen-bond acceptors (Lipinski definition) is 2. The minimum absolute atomic E-state index is 0.243. The van der Waals surface area contributed by atoms with Gasteiger partial charge in [0.05, 0.1) is 6.61 Å². The van der Waals surface area contributed by atoms with E-state index in [9.17, 15) is 4.79 Å². The fourth-order valence-electron chi connectivity index (χ4n) is 8.20. The zero-order valence-corrected chi connectivity index (χ0v) is 23.7. The summed E-state index contributed by atoms with van der Waals surface area (Å²) in [4.78, 5) is 12.0. The molecule has 0 aromatic carbocycles. The van der Waals surface area contributed by atoms with E-state index in [4.69, 9.17) is 4.18 Å². The van der Waals surface area contributed by atoms with Crippen LogP contribution in [0.2, 0.25) is 0 Å². The molecular formula is C29H54O2S. The molecule has 4 aliphatic carbocycles. The number of Topliss-reactive ketones (excluding diaryl/α,β-unsaturated/α-hetero) is 1. The largest absolute Gasteiger partial charge is 0.336 e. The lowest BCUT2D eigenvalue weighted by atomic mass is 9.49. The van der Waals surface area contributed by atoms with E-state index in [1.54, 1.807) is 0 Å². The number of rotatable bonds is 4. The molecular weight excluding hydrogens is 412 g/mol. The predicted octanol–water partition coefficient (Wildman–Crippen LogP) is 8.28. The number of hydrogen-bond donors (Lipinski definition) is 0. The molecule has 0 spiro atoms. The molecule has 188 valence electrons. The third-order valence-corrected chi connectivity index (χ3v) is 14.3. The highest BCUT2D eigenvalue weighted by atomic mass is 32.3. The van der Waals surface area contributed by atoms with Crippen LogP contribution < -0.4 is 0 Å². The van der Waals surface area contributed by atoms with Crippen molar-refractivity contribution in [1.82, 2.24) is 0 Å². The molecule has 0 bridgehead atoms. The zero-order chi connectivity index (χ0) is 23.9. The highest BCUT2D eigenvalue weighted by molar-refractivity contribution is 8.29. The summed E-state index contributed by atoms with van der Waals surface area (Å²) in [6.07, 6.45) is 16.1. The molecule has 4 aliphatic rings. The predicted molar refractivity (Wildman–Crippen MR) is 141 cm³/mol. The summed E-state index contributed by atoms with van der Waals surface area (Å²) < 4.78 is 6.87. The van der Waals surface area contributed by atoms with Gasteiger partial charge in [0, 0.05) is 17.6 Å². The molecule has 0 N–H and O–H groups in total. The van der Waals surface area contributed by atoms with Crippen LogP contribution in [0.3, 0.4) is 0 Å². The topological polar surface area (TPSA) is 26.3 Å². The summed E-state index contributed by atoms with van der Waals surface area (Å²) in [5.74, 6) is 6.40. The summed E-state index contributed by atoms with van der Waals surface area (Å²) in [6.45, 7) is 17.1. The van der Waals surface area contributed by atoms with Crippen LogP contribution in [0.4, 0.5) is 0 Å². The fourth-order valence-corrected chi connectivity index (χ4v) is 9.11. The number of ketones is 1. The van der Waals surface area contributed by atoms with E-state index in [-0.39, 0.29) is 4.75 Å². The molecule has 3 heteroatoms. The van der Waals surface area contributed by atoms with Crippen LogP contribution in [-0.4, -0.2) is 29.6 Å². The Labute approximate surface area is 201 Å². The number of carbonyl (C=O) groups excluding carboxylic acids is 1. The average molecular weight is 467 g/mol. The van der Waals surface area contributed by atoms with Gasteiger partial charge in [-0.1, -0.05) is 48.5 Å². The number of fused-ring (bicyclic) bond motifs is 5. The summed E-state index contributed by atoms with van der Waals surface area (Å²) in [7, 11) is -1.04. The van der Waals surface area contributed by atoms with E-state index < -0.39 is 10.3 Å². The van der Waals surface area contributed by atoms with Crippen molar-refractivity contribution in [3.05, 3.63) is 0 Å². The lowest BCUT2D eigenvalue weighted by molar-refractivity contribution is -0.127. The van der Waals surface area contributed by atoms with Crippen LogP contribution in [0.25, 0.3) is 0 Å². The molecule has 0 heterocycles. The molecule has 8 atom stereocenters. The maximum absolute atomic E-state index is 12.0.